The maximum Gasteiger partial charge on any atom is 0.312 e. The maximum absolute atomic E-state index is 10.3. The van der Waals surface area contributed by atoms with Crippen molar-refractivity contribution in [3.05, 3.63) is 0 Å². The van der Waals surface area contributed by atoms with Gasteiger partial charge in [0.1, 0.15) is 0 Å². The topological polar surface area (TPSA) is 35.6 Å². The van der Waals surface area contributed by atoms with Gasteiger partial charge in [-0.1, -0.05) is 0 Å². The van der Waals surface area contributed by atoms with Gasteiger partial charge in [0.15, 0.2) is 0 Å². The molecule has 1 amide bonds. The minimum atomic E-state index is 0.474. The molecule has 13 heavy (non-hydrogen) atoms. The van der Waals surface area contributed by atoms with E-state index in [1.54, 1.807) is 4.90 Å². The Morgan fingerprint density at radius 2 is 2.38 bits per heavy atom. The Balaban J connectivity index is 2.07. The first-order valence-electron chi connectivity index (χ1n) is 4.73. The first-order valence-corrected chi connectivity index (χ1v) is 4.73. The summed E-state index contributed by atoms with van der Waals surface area (Å²) in [5, 5.41) is 3.42. The van der Waals surface area contributed by atoms with E-state index in [-0.39, 0.29) is 0 Å². The number of carbonyl (C=O) groups excluding carboxylic acids is 1. The van der Waals surface area contributed by atoms with Gasteiger partial charge in [0.05, 0.1) is 0 Å². The molecular formula is C9H18N3O. The molecule has 4 nitrogen and oxygen atoms in total. The number of hydrogen-bond donors (Lipinski definition) is 1. The van der Waals surface area contributed by atoms with Crippen LogP contribution in [0, 0.1) is 0 Å². The molecule has 0 aromatic heterocycles. The van der Waals surface area contributed by atoms with Crippen molar-refractivity contribution in [2.75, 3.05) is 40.3 Å². The third kappa shape index (κ3) is 3.74. The van der Waals surface area contributed by atoms with Gasteiger partial charge in [0, 0.05) is 32.2 Å². The van der Waals surface area contributed by atoms with Crippen LogP contribution in [0.3, 0.4) is 0 Å². The number of hydrogen-bond acceptors (Lipinski definition) is 3. The monoisotopic (exact) mass is 184 g/mol. The van der Waals surface area contributed by atoms with Crippen molar-refractivity contribution in [3.63, 3.8) is 0 Å². The van der Waals surface area contributed by atoms with Crippen molar-refractivity contribution in [1.29, 1.82) is 0 Å². The zero-order chi connectivity index (χ0) is 9.68. The summed E-state index contributed by atoms with van der Waals surface area (Å²) in [7, 11) is 4.11. The van der Waals surface area contributed by atoms with Gasteiger partial charge in [-0.15, -0.1) is 0 Å². The van der Waals surface area contributed by atoms with Crippen LogP contribution in [0.5, 0.6) is 0 Å². The quantitative estimate of drug-likeness (QED) is 0.612. The second kappa shape index (κ2) is 5.19. The molecule has 0 bridgehead atoms. The molecule has 1 radical (unpaired) electrons. The van der Waals surface area contributed by atoms with E-state index < -0.39 is 0 Å². The fourth-order valence-corrected chi connectivity index (χ4v) is 1.50. The summed E-state index contributed by atoms with van der Waals surface area (Å²) in [6, 6.07) is 0.474. The molecule has 0 aliphatic carbocycles. The number of likely N-dealkylation sites (N-methyl/N-ethyl adjacent to an activating group) is 1. The highest BCUT2D eigenvalue weighted by molar-refractivity contribution is 5.48. The lowest BCUT2D eigenvalue weighted by molar-refractivity contribution is 0.379. The van der Waals surface area contributed by atoms with Crippen molar-refractivity contribution in [1.82, 2.24) is 15.1 Å². The molecule has 1 aliphatic rings. The molecule has 0 aromatic rings. The standard InChI is InChI=1S/C9H18N3O/c1-11(2)6-4-10-9-3-5-12(7-9)8-13/h9-10H,3-7H2,1-2H3. The molecule has 1 atom stereocenters. The summed E-state index contributed by atoms with van der Waals surface area (Å²) in [5.74, 6) is 0. The number of nitrogens with one attached hydrogen (secondary N) is 1. The number of rotatable bonds is 5. The zero-order valence-corrected chi connectivity index (χ0v) is 8.42. The minimum Gasteiger partial charge on any atom is -0.333 e. The van der Waals surface area contributed by atoms with Gasteiger partial charge < -0.3 is 15.1 Å². The normalized spacial score (nSPS) is 22.7. The van der Waals surface area contributed by atoms with E-state index in [1.165, 1.54) is 0 Å². The Morgan fingerprint density at radius 1 is 1.62 bits per heavy atom. The van der Waals surface area contributed by atoms with Gasteiger partial charge in [0.2, 0.25) is 0 Å². The van der Waals surface area contributed by atoms with Crippen molar-refractivity contribution in [2.45, 2.75) is 12.5 Å². The van der Waals surface area contributed by atoms with Gasteiger partial charge in [-0.2, -0.15) is 0 Å². The zero-order valence-electron chi connectivity index (χ0n) is 8.42. The van der Waals surface area contributed by atoms with Crippen LogP contribution in [0.1, 0.15) is 6.42 Å². The van der Waals surface area contributed by atoms with Crippen molar-refractivity contribution < 1.29 is 4.79 Å². The molecule has 1 saturated heterocycles. The number of amides is 1. The van der Waals surface area contributed by atoms with Crippen LogP contribution < -0.4 is 5.32 Å². The molecule has 1 rings (SSSR count). The smallest absolute Gasteiger partial charge is 0.312 e. The second-order valence-corrected chi connectivity index (χ2v) is 3.78. The van der Waals surface area contributed by atoms with Gasteiger partial charge in [-0.25, -0.2) is 0 Å². The van der Waals surface area contributed by atoms with Crippen molar-refractivity contribution >= 4 is 6.41 Å². The summed E-state index contributed by atoms with van der Waals surface area (Å²) < 4.78 is 0. The lowest BCUT2D eigenvalue weighted by Gasteiger charge is -2.14. The summed E-state index contributed by atoms with van der Waals surface area (Å²) in [4.78, 5) is 14.1. The maximum atomic E-state index is 10.3. The van der Waals surface area contributed by atoms with Gasteiger partial charge in [0.25, 0.3) is 0 Å². The highest BCUT2D eigenvalue weighted by Gasteiger charge is 2.20. The Bertz CT molecular complexity index is 161. The molecule has 1 heterocycles. The van der Waals surface area contributed by atoms with Crippen LogP contribution >= 0.6 is 0 Å². The van der Waals surface area contributed by atoms with Crippen LogP contribution in [-0.2, 0) is 4.79 Å². The van der Waals surface area contributed by atoms with E-state index in [0.29, 0.717) is 6.04 Å². The van der Waals surface area contributed by atoms with E-state index >= 15 is 0 Å². The Morgan fingerprint density at radius 3 is 2.92 bits per heavy atom. The molecule has 0 spiro atoms. The Kier molecular flexibility index (Phi) is 4.18. The molecular weight excluding hydrogens is 166 g/mol. The molecule has 0 aromatic carbocycles. The molecule has 75 valence electrons. The SMILES string of the molecule is CN(C)CCNC1CCN([C]=O)C1. The summed E-state index contributed by atoms with van der Waals surface area (Å²) in [6.45, 7) is 3.70. The second-order valence-electron chi connectivity index (χ2n) is 3.78. The summed E-state index contributed by atoms with van der Waals surface area (Å²) >= 11 is 0. The summed E-state index contributed by atoms with van der Waals surface area (Å²) in [5.41, 5.74) is 0. The van der Waals surface area contributed by atoms with E-state index in [4.69, 9.17) is 0 Å². The van der Waals surface area contributed by atoms with E-state index in [2.05, 4.69) is 24.3 Å². The van der Waals surface area contributed by atoms with E-state index in [9.17, 15) is 4.79 Å². The Hall–Kier alpha value is -0.610. The van der Waals surface area contributed by atoms with Crippen LogP contribution in [0.15, 0.2) is 0 Å². The average Bonchev–Trinajstić information content (AvgIpc) is 2.52. The van der Waals surface area contributed by atoms with E-state index in [1.807, 2.05) is 6.41 Å². The number of likely N-dealkylation sites (tertiary alicyclic amines) is 1. The number of nitrogens with zero attached hydrogens (tertiary/aromatic N) is 2. The molecule has 1 N–H and O–H groups in total. The van der Waals surface area contributed by atoms with Gasteiger partial charge in [-0.3, -0.25) is 4.79 Å². The fourth-order valence-electron chi connectivity index (χ4n) is 1.50. The van der Waals surface area contributed by atoms with Crippen LogP contribution in [0.25, 0.3) is 0 Å². The predicted octanol–water partition coefficient (Wildman–Crippen LogP) is -0.721. The van der Waals surface area contributed by atoms with Crippen LogP contribution in [0.2, 0.25) is 0 Å². The minimum absolute atomic E-state index is 0.474. The molecule has 0 saturated carbocycles. The highest BCUT2D eigenvalue weighted by Crippen LogP contribution is 2.05. The molecule has 1 aliphatic heterocycles. The molecule has 1 fully saturated rings. The van der Waals surface area contributed by atoms with Gasteiger partial charge in [-0.05, 0) is 20.5 Å². The first kappa shape index (κ1) is 10.5. The Labute approximate surface area is 79.9 Å². The largest absolute Gasteiger partial charge is 0.333 e. The lowest BCUT2D eigenvalue weighted by atomic mass is 10.2. The lowest BCUT2D eigenvalue weighted by Crippen LogP contribution is -2.36. The summed E-state index contributed by atoms with van der Waals surface area (Å²) in [6.07, 6.45) is 2.98. The first-order chi connectivity index (χ1) is 6.22. The van der Waals surface area contributed by atoms with Crippen molar-refractivity contribution in [2.24, 2.45) is 0 Å². The fraction of sp³-hybridized carbons (Fsp3) is 0.889. The molecule has 4 heteroatoms. The van der Waals surface area contributed by atoms with Gasteiger partial charge >= 0.3 is 6.41 Å². The third-order valence-corrected chi connectivity index (χ3v) is 2.31. The molecule has 1 unspecified atom stereocenters. The van der Waals surface area contributed by atoms with Crippen LogP contribution in [0.4, 0.5) is 0 Å². The van der Waals surface area contributed by atoms with Crippen molar-refractivity contribution in [3.8, 4) is 0 Å². The van der Waals surface area contributed by atoms with E-state index in [0.717, 1.165) is 32.6 Å². The highest BCUT2D eigenvalue weighted by atomic mass is 16.1. The third-order valence-electron chi connectivity index (χ3n) is 2.31. The predicted molar refractivity (Wildman–Crippen MR) is 52.2 cm³/mol. The average molecular weight is 184 g/mol. The van der Waals surface area contributed by atoms with Crippen LogP contribution in [-0.4, -0.2) is 62.5 Å².